The van der Waals surface area contributed by atoms with Gasteiger partial charge in [-0.2, -0.15) is 0 Å². The summed E-state index contributed by atoms with van der Waals surface area (Å²) < 4.78 is 0. The predicted molar refractivity (Wildman–Crippen MR) is 74.4 cm³/mol. The number of thiazole rings is 1. The van der Waals surface area contributed by atoms with Crippen molar-refractivity contribution in [2.75, 3.05) is 6.54 Å². The summed E-state index contributed by atoms with van der Waals surface area (Å²) in [7, 11) is 0. The van der Waals surface area contributed by atoms with Crippen LogP contribution in [0.2, 0.25) is 0 Å². The fourth-order valence-electron chi connectivity index (χ4n) is 2.56. The molecule has 1 heterocycles. The molecule has 1 aliphatic carbocycles. The van der Waals surface area contributed by atoms with Crippen molar-refractivity contribution in [2.24, 2.45) is 11.8 Å². The van der Waals surface area contributed by atoms with Gasteiger partial charge in [0.1, 0.15) is 0 Å². The number of hydrogen-bond acceptors (Lipinski definition) is 3. The van der Waals surface area contributed by atoms with E-state index < -0.39 is 0 Å². The number of hydrogen-bond donors (Lipinski definition) is 1. The highest BCUT2D eigenvalue weighted by molar-refractivity contribution is 7.09. The molecule has 0 amide bonds. The summed E-state index contributed by atoms with van der Waals surface area (Å²) in [4.78, 5) is 4.54. The van der Waals surface area contributed by atoms with Gasteiger partial charge in [0.25, 0.3) is 0 Å². The van der Waals surface area contributed by atoms with Crippen LogP contribution >= 0.6 is 11.3 Å². The molecular formula is C14H24N2S. The van der Waals surface area contributed by atoms with E-state index >= 15 is 0 Å². The first-order chi connectivity index (χ1) is 8.15. The minimum atomic E-state index is 0.402. The van der Waals surface area contributed by atoms with Gasteiger partial charge in [-0.1, -0.05) is 19.8 Å². The highest BCUT2D eigenvalue weighted by Crippen LogP contribution is 2.28. The van der Waals surface area contributed by atoms with Crippen molar-refractivity contribution in [3.05, 3.63) is 16.1 Å². The van der Waals surface area contributed by atoms with E-state index in [2.05, 4.69) is 36.5 Å². The van der Waals surface area contributed by atoms with Crippen molar-refractivity contribution < 1.29 is 0 Å². The molecular weight excluding hydrogens is 228 g/mol. The largest absolute Gasteiger partial charge is 0.309 e. The Bertz CT molecular complexity index is 340. The number of aromatic nitrogens is 1. The highest BCUT2D eigenvalue weighted by Gasteiger charge is 2.19. The van der Waals surface area contributed by atoms with Crippen LogP contribution in [0.5, 0.6) is 0 Å². The number of rotatable bonds is 4. The van der Waals surface area contributed by atoms with Crippen LogP contribution in [0.25, 0.3) is 0 Å². The van der Waals surface area contributed by atoms with Gasteiger partial charge in [0.05, 0.1) is 10.7 Å². The van der Waals surface area contributed by atoms with Crippen molar-refractivity contribution in [3.63, 3.8) is 0 Å². The molecule has 0 spiro atoms. The van der Waals surface area contributed by atoms with Gasteiger partial charge in [-0.15, -0.1) is 11.3 Å². The van der Waals surface area contributed by atoms with Gasteiger partial charge >= 0.3 is 0 Å². The molecule has 2 nitrogen and oxygen atoms in total. The Kier molecular flexibility index (Phi) is 4.57. The topological polar surface area (TPSA) is 24.9 Å². The summed E-state index contributed by atoms with van der Waals surface area (Å²) in [6.45, 7) is 7.83. The third-order valence-corrected chi connectivity index (χ3v) is 4.72. The lowest BCUT2D eigenvalue weighted by Gasteiger charge is -2.27. The normalized spacial score (nSPS) is 27.0. The monoisotopic (exact) mass is 252 g/mol. The number of nitrogens with one attached hydrogen (secondary N) is 1. The molecule has 1 atom stereocenters. The second kappa shape index (κ2) is 5.96. The Morgan fingerprint density at radius 2 is 2.12 bits per heavy atom. The molecule has 0 bridgehead atoms. The van der Waals surface area contributed by atoms with Crippen LogP contribution in [0, 0.1) is 18.8 Å². The highest BCUT2D eigenvalue weighted by atomic mass is 32.1. The maximum atomic E-state index is 4.54. The lowest BCUT2D eigenvalue weighted by Crippen LogP contribution is -2.28. The molecule has 1 unspecified atom stereocenters. The first kappa shape index (κ1) is 13.0. The van der Waals surface area contributed by atoms with Gasteiger partial charge in [0, 0.05) is 11.4 Å². The van der Waals surface area contributed by atoms with E-state index in [4.69, 9.17) is 0 Å². The van der Waals surface area contributed by atoms with Crippen molar-refractivity contribution in [2.45, 2.75) is 52.5 Å². The second-order valence-corrected chi connectivity index (χ2v) is 6.61. The van der Waals surface area contributed by atoms with Gasteiger partial charge in [-0.3, -0.25) is 0 Å². The molecule has 2 rings (SSSR count). The Morgan fingerprint density at radius 1 is 1.41 bits per heavy atom. The number of nitrogens with zero attached hydrogens (tertiary/aromatic N) is 1. The van der Waals surface area contributed by atoms with Crippen LogP contribution in [0.1, 0.15) is 56.3 Å². The molecule has 1 saturated carbocycles. The Balaban J connectivity index is 1.74. The van der Waals surface area contributed by atoms with Gasteiger partial charge in [0.2, 0.25) is 0 Å². The second-order valence-electron chi connectivity index (χ2n) is 5.55. The fourth-order valence-corrected chi connectivity index (χ4v) is 3.27. The molecule has 0 saturated heterocycles. The average molecular weight is 252 g/mol. The zero-order valence-electron chi connectivity index (χ0n) is 11.2. The van der Waals surface area contributed by atoms with Gasteiger partial charge < -0.3 is 5.32 Å². The van der Waals surface area contributed by atoms with E-state index in [1.165, 1.54) is 36.4 Å². The van der Waals surface area contributed by atoms with Crippen LogP contribution in [0.15, 0.2) is 5.38 Å². The Labute approximate surface area is 109 Å². The van der Waals surface area contributed by atoms with Crippen molar-refractivity contribution in [1.82, 2.24) is 10.3 Å². The van der Waals surface area contributed by atoms with Crippen LogP contribution in [-0.4, -0.2) is 11.5 Å². The smallest absolute Gasteiger partial charge is 0.0898 e. The van der Waals surface area contributed by atoms with Crippen LogP contribution in [0.4, 0.5) is 0 Å². The molecule has 1 fully saturated rings. The maximum absolute atomic E-state index is 4.54. The molecule has 96 valence electrons. The molecule has 1 aromatic heterocycles. The average Bonchev–Trinajstić information content (AvgIpc) is 2.75. The van der Waals surface area contributed by atoms with E-state index in [1.54, 1.807) is 11.3 Å². The van der Waals surface area contributed by atoms with Crippen LogP contribution < -0.4 is 5.32 Å². The number of aryl methyl sites for hydroxylation is 1. The van der Waals surface area contributed by atoms with E-state index in [0.717, 1.165) is 18.4 Å². The summed E-state index contributed by atoms with van der Waals surface area (Å²) in [5, 5.41) is 6.98. The summed E-state index contributed by atoms with van der Waals surface area (Å²) >= 11 is 1.74. The Hall–Kier alpha value is -0.410. The first-order valence-electron chi connectivity index (χ1n) is 6.80. The summed E-state index contributed by atoms with van der Waals surface area (Å²) in [5.74, 6) is 1.83. The molecule has 3 heteroatoms. The van der Waals surface area contributed by atoms with Crippen LogP contribution in [-0.2, 0) is 0 Å². The van der Waals surface area contributed by atoms with E-state index in [1.807, 2.05) is 0 Å². The quantitative estimate of drug-likeness (QED) is 0.878. The van der Waals surface area contributed by atoms with Crippen molar-refractivity contribution in [3.8, 4) is 0 Å². The lowest BCUT2D eigenvalue weighted by molar-refractivity contribution is 0.275. The third-order valence-electron chi connectivity index (χ3n) is 3.93. The molecule has 1 N–H and O–H groups in total. The van der Waals surface area contributed by atoms with E-state index in [9.17, 15) is 0 Å². The Morgan fingerprint density at radius 3 is 2.71 bits per heavy atom. The van der Waals surface area contributed by atoms with Crippen molar-refractivity contribution >= 4 is 11.3 Å². The maximum Gasteiger partial charge on any atom is 0.0898 e. The van der Waals surface area contributed by atoms with Gasteiger partial charge in [-0.05, 0) is 45.1 Å². The standard InChI is InChI=1S/C14H24N2S/c1-10-4-6-13(7-5-10)8-15-11(2)14-9-17-12(3)16-14/h9-11,13,15H,4-8H2,1-3H3. The molecule has 17 heavy (non-hydrogen) atoms. The first-order valence-corrected chi connectivity index (χ1v) is 7.68. The van der Waals surface area contributed by atoms with Crippen molar-refractivity contribution in [1.29, 1.82) is 0 Å². The van der Waals surface area contributed by atoms with E-state index in [0.29, 0.717) is 6.04 Å². The molecule has 0 radical (unpaired) electrons. The summed E-state index contributed by atoms with van der Waals surface area (Å²) in [5.41, 5.74) is 1.21. The minimum Gasteiger partial charge on any atom is -0.309 e. The lowest BCUT2D eigenvalue weighted by atomic mass is 9.83. The van der Waals surface area contributed by atoms with Gasteiger partial charge in [-0.25, -0.2) is 4.98 Å². The SMILES string of the molecule is Cc1nc(C(C)NCC2CCC(C)CC2)cs1. The summed E-state index contributed by atoms with van der Waals surface area (Å²) in [6, 6.07) is 0.402. The van der Waals surface area contributed by atoms with E-state index in [-0.39, 0.29) is 0 Å². The fraction of sp³-hybridized carbons (Fsp3) is 0.786. The zero-order valence-corrected chi connectivity index (χ0v) is 12.0. The molecule has 0 aliphatic heterocycles. The molecule has 1 aliphatic rings. The third kappa shape index (κ3) is 3.78. The zero-order chi connectivity index (χ0) is 12.3. The molecule has 0 aromatic carbocycles. The molecule has 1 aromatic rings. The van der Waals surface area contributed by atoms with Crippen LogP contribution in [0.3, 0.4) is 0 Å². The minimum absolute atomic E-state index is 0.402. The predicted octanol–water partition coefficient (Wildman–Crippen LogP) is 3.93. The summed E-state index contributed by atoms with van der Waals surface area (Å²) in [6.07, 6.45) is 5.63. The van der Waals surface area contributed by atoms with Gasteiger partial charge in [0.15, 0.2) is 0 Å².